The number of hydrogen-bond donors (Lipinski definition) is 1. The number of benzene rings is 4. The number of aryl methyl sites for hydroxylation is 2. The molecule has 4 aromatic carbocycles. The maximum atomic E-state index is 12.1. The van der Waals surface area contributed by atoms with Gasteiger partial charge in [0.15, 0.2) is 6.10 Å². The number of rotatable bonds is 7. The van der Waals surface area contributed by atoms with Crippen molar-refractivity contribution in [1.82, 2.24) is 0 Å². The van der Waals surface area contributed by atoms with Crippen molar-refractivity contribution in [1.29, 1.82) is 0 Å². The number of carboxylic acids is 1. The maximum Gasteiger partial charge on any atom is 0.345 e. The van der Waals surface area contributed by atoms with Crippen molar-refractivity contribution in [2.45, 2.75) is 46.1 Å². The van der Waals surface area contributed by atoms with Crippen LogP contribution in [0.5, 0.6) is 5.75 Å². The minimum absolute atomic E-state index is 0.156. The molecule has 0 fully saturated rings. The highest BCUT2D eigenvalue weighted by atomic mass is 79.9. The molecule has 0 radical (unpaired) electrons. The fraction of sp³-hybridized carbons (Fsp3) is 0.219. The van der Waals surface area contributed by atoms with E-state index in [1.54, 1.807) is 0 Å². The molecular formula is C32H29BrO3S. The van der Waals surface area contributed by atoms with Crippen LogP contribution >= 0.6 is 27.3 Å². The zero-order valence-corrected chi connectivity index (χ0v) is 23.7. The lowest BCUT2D eigenvalue weighted by Crippen LogP contribution is -2.29. The predicted octanol–water partition coefficient (Wildman–Crippen LogP) is 9.30. The van der Waals surface area contributed by atoms with Gasteiger partial charge < -0.3 is 9.84 Å². The molecule has 0 saturated carbocycles. The quantitative estimate of drug-likeness (QED) is 0.211. The van der Waals surface area contributed by atoms with E-state index in [2.05, 4.69) is 80.0 Å². The third-order valence-corrected chi connectivity index (χ3v) is 9.31. The van der Waals surface area contributed by atoms with Crippen LogP contribution in [0, 0.1) is 13.8 Å². The van der Waals surface area contributed by atoms with Crippen LogP contribution in [-0.2, 0) is 11.2 Å². The monoisotopic (exact) mass is 572 g/mol. The van der Waals surface area contributed by atoms with Gasteiger partial charge in [-0.2, -0.15) is 0 Å². The van der Waals surface area contributed by atoms with Crippen LogP contribution in [0.15, 0.2) is 77.3 Å². The van der Waals surface area contributed by atoms with Crippen LogP contribution in [0.2, 0.25) is 0 Å². The second kappa shape index (κ2) is 10.3. The third kappa shape index (κ3) is 4.78. The summed E-state index contributed by atoms with van der Waals surface area (Å²) in [6.45, 7) is 8.61. The summed E-state index contributed by atoms with van der Waals surface area (Å²) in [7, 11) is 0. The van der Waals surface area contributed by atoms with Crippen molar-refractivity contribution in [3.63, 3.8) is 0 Å². The summed E-state index contributed by atoms with van der Waals surface area (Å²) >= 11 is 5.71. The molecule has 5 heteroatoms. The summed E-state index contributed by atoms with van der Waals surface area (Å²) in [6, 6.07) is 24.3. The van der Waals surface area contributed by atoms with Gasteiger partial charge in [0.2, 0.25) is 0 Å². The highest BCUT2D eigenvalue weighted by molar-refractivity contribution is 9.11. The summed E-state index contributed by atoms with van der Waals surface area (Å²) in [6.07, 6.45) is -0.659. The van der Waals surface area contributed by atoms with Gasteiger partial charge in [-0.3, -0.25) is 0 Å². The van der Waals surface area contributed by atoms with E-state index in [0.717, 1.165) is 21.2 Å². The number of carboxylic acid groups (broad SMARTS) is 1. The lowest BCUT2D eigenvalue weighted by Gasteiger charge is -2.21. The highest BCUT2D eigenvalue weighted by Crippen LogP contribution is 2.47. The number of ether oxygens (including phenoxy) is 1. The first-order valence-corrected chi connectivity index (χ1v) is 14.0. The molecule has 0 aliphatic rings. The Labute approximate surface area is 229 Å². The summed E-state index contributed by atoms with van der Waals surface area (Å²) in [5.74, 6) is -0.186. The predicted molar refractivity (Wildman–Crippen MR) is 158 cm³/mol. The summed E-state index contributed by atoms with van der Waals surface area (Å²) in [4.78, 5) is 13.4. The molecule has 0 aliphatic heterocycles. The lowest BCUT2D eigenvalue weighted by atomic mass is 9.90. The standard InChI is InChI=1S/C32H29BrO3S/c1-18(2)25-17-22(14-15-26(25)36-27(32(34)35)16-21-10-6-5-7-11-21)29-23-12-8-9-13-24(23)30(33)31-28(29)19(3)20(4)37-31/h5-15,17-18,27H,16H2,1-4H3,(H,34,35)/t27-/m1/s1. The van der Waals surface area contributed by atoms with Crippen molar-refractivity contribution < 1.29 is 14.6 Å². The van der Waals surface area contributed by atoms with Crippen molar-refractivity contribution in [2.24, 2.45) is 0 Å². The SMILES string of the molecule is Cc1sc2c(Br)c3ccccc3c(-c3ccc(O[C@H](Cc4ccccc4)C(=O)O)c(C(C)C)c3)c2c1C. The van der Waals surface area contributed by atoms with Crippen LogP contribution in [0.1, 0.15) is 41.3 Å². The van der Waals surface area contributed by atoms with Gasteiger partial charge in [0, 0.05) is 21.2 Å². The molecule has 1 aromatic heterocycles. The number of thiophene rings is 1. The number of fused-ring (bicyclic) bond motifs is 2. The molecule has 0 saturated heterocycles. The van der Waals surface area contributed by atoms with Gasteiger partial charge >= 0.3 is 5.97 Å². The Bertz CT molecular complexity index is 1620. The Morgan fingerprint density at radius 1 is 0.973 bits per heavy atom. The molecule has 188 valence electrons. The van der Waals surface area contributed by atoms with Crippen LogP contribution in [0.25, 0.3) is 32.0 Å². The summed E-state index contributed by atoms with van der Waals surface area (Å²) in [5, 5.41) is 13.6. The molecule has 1 N–H and O–H groups in total. The molecule has 0 bridgehead atoms. The van der Waals surface area contributed by atoms with E-state index in [1.807, 2.05) is 47.7 Å². The molecule has 1 atom stereocenters. The minimum Gasteiger partial charge on any atom is -0.478 e. The minimum atomic E-state index is -0.965. The van der Waals surface area contributed by atoms with Gasteiger partial charge in [0.05, 0.1) is 4.70 Å². The van der Waals surface area contributed by atoms with Crippen molar-refractivity contribution in [3.8, 4) is 16.9 Å². The largest absolute Gasteiger partial charge is 0.478 e. The van der Waals surface area contributed by atoms with Gasteiger partial charge in [-0.05, 0) is 86.4 Å². The van der Waals surface area contributed by atoms with Gasteiger partial charge in [-0.1, -0.05) is 74.5 Å². The van der Waals surface area contributed by atoms with Crippen molar-refractivity contribution in [2.75, 3.05) is 0 Å². The lowest BCUT2D eigenvalue weighted by molar-refractivity contribution is -0.145. The molecule has 0 spiro atoms. The Hall–Kier alpha value is -3.15. The first kappa shape index (κ1) is 25.5. The third-order valence-electron chi connectivity index (χ3n) is 7.00. The number of carbonyl (C=O) groups is 1. The molecule has 5 aromatic rings. The molecule has 0 aliphatic carbocycles. The Kier molecular flexibility index (Phi) is 7.11. The number of hydrogen-bond acceptors (Lipinski definition) is 3. The fourth-order valence-electron chi connectivity index (χ4n) is 4.96. The van der Waals surface area contributed by atoms with Crippen LogP contribution in [-0.4, -0.2) is 17.2 Å². The smallest absolute Gasteiger partial charge is 0.345 e. The normalized spacial score (nSPS) is 12.4. The van der Waals surface area contributed by atoms with E-state index in [0.29, 0.717) is 12.2 Å². The van der Waals surface area contributed by atoms with Crippen LogP contribution in [0.3, 0.4) is 0 Å². The molecule has 1 heterocycles. The van der Waals surface area contributed by atoms with E-state index in [1.165, 1.54) is 36.9 Å². The first-order valence-electron chi connectivity index (χ1n) is 12.4. The Balaban J connectivity index is 1.65. The molecule has 0 unspecified atom stereocenters. The van der Waals surface area contributed by atoms with E-state index in [9.17, 15) is 9.90 Å². The molecular weight excluding hydrogens is 544 g/mol. The number of halogens is 1. The van der Waals surface area contributed by atoms with Crippen molar-refractivity contribution >= 4 is 54.1 Å². The maximum absolute atomic E-state index is 12.1. The average Bonchev–Trinajstić information content (AvgIpc) is 3.19. The fourth-order valence-corrected chi connectivity index (χ4v) is 6.86. The van der Waals surface area contributed by atoms with Gasteiger partial charge in [-0.25, -0.2) is 4.79 Å². The van der Waals surface area contributed by atoms with Gasteiger partial charge in [0.1, 0.15) is 5.75 Å². The topological polar surface area (TPSA) is 46.5 Å². The van der Waals surface area contributed by atoms with Gasteiger partial charge in [0.25, 0.3) is 0 Å². The zero-order valence-electron chi connectivity index (χ0n) is 21.3. The zero-order chi connectivity index (χ0) is 26.3. The Morgan fingerprint density at radius 2 is 1.65 bits per heavy atom. The van der Waals surface area contributed by atoms with Crippen molar-refractivity contribution in [3.05, 3.63) is 98.8 Å². The number of aliphatic carboxylic acids is 1. The second-order valence-electron chi connectivity index (χ2n) is 9.76. The highest BCUT2D eigenvalue weighted by Gasteiger charge is 2.24. The first-order chi connectivity index (χ1) is 17.8. The second-order valence-corrected chi connectivity index (χ2v) is 11.8. The van der Waals surface area contributed by atoms with Crippen LogP contribution in [0.4, 0.5) is 0 Å². The molecule has 37 heavy (non-hydrogen) atoms. The van der Waals surface area contributed by atoms with E-state index < -0.39 is 12.1 Å². The van der Waals surface area contributed by atoms with Gasteiger partial charge in [-0.15, -0.1) is 11.3 Å². The molecule has 0 amide bonds. The van der Waals surface area contributed by atoms with E-state index >= 15 is 0 Å². The summed E-state index contributed by atoms with van der Waals surface area (Å²) < 4.78 is 8.57. The average molecular weight is 574 g/mol. The van der Waals surface area contributed by atoms with E-state index in [4.69, 9.17) is 4.74 Å². The van der Waals surface area contributed by atoms with Crippen LogP contribution < -0.4 is 4.74 Å². The summed E-state index contributed by atoms with van der Waals surface area (Å²) in [5.41, 5.74) is 5.55. The Morgan fingerprint density at radius 3 is 2.32 bits per heavy atom. The van der Waals surface area contributed by atoms with E-state index in [-0.39, 0.29) is 5.92 Å². The molecule has 3 nitrogen and oxygen atoms in total. The molecule has 5 rings (SSSR count).